The van der Waals surface area contributed by atoms with E-state index in [9.17, 15) is 5.11 Å². The van der Waals surface area contributed by atoms with Gasteiger partial charge in [0.1, 0.15) is 5.75 Å². The average molecular weight is 331 g/mol. The van der Waals surface area contributed by atoms with Crippen molar-refractivity contribution < 1.29 is 5.11 Å². The predicted octanol–water partition coefficient (Wildman–Crippen LogP) is 3.57. The molecule has 0 aromatic heterocycles. The van der Waals surface area contributed by atoms with Crippen LogP contribution in [0.5, 0.6) is 5.75 Å². The number of fused-ring (bicyclic) bond motifs is 2. The first-order valence-electron chi connectivity index (χ1n) is 9.69. The number of nitrogens with one attached hydrogen (secondary N) is 2. The molecule has 3 aliphatic rings. The average Bonchev–Trinajstić information content (AvgIpc) is 2.58. The van der Waals surface area contributed by atoms with E-state index in [1.807, 2.05) is 12.1 Å². The molecule has 0 aliphatic heterocycles. The molecule has 1 aromatic carbocycles. The third-order valence-corrected chi connectivity index (χ3v) is 6.71. The molecule has 3 saturated carbocycles. The highest BCUT2D eigenvalue weighted by molar-refractivity contribution is 5.25. The van der Waals surface area contributed by atoms with Crippen molar-refractivity contribution >= 4 is 0 Å². The van der Waals surface area contributed by atoms with E-state index < -0.39 is 0 Å². The lowest BCUT2D eigenvalue weighted by Gasteiger charge is -2.60. The third kappa shape index (κ3) is 3.94. The van der Waals surface area contributed by atoms with Gasteiger partial charge in [-0.25, -0.2) is 0 Å². The minimum atomic E-state index is 0.341. The van der Waals surface area contributed by atoms with Crippen LogP contribution in [-0.2, 0) is 6.42 Å². The summed E-state index contributed by atoms with van der Waals surface area (Å²) in [5, 5.41) is 16.6. The molecule has 3 N–H and O–H groups in total. The van der Waals surface area contributed by atoms with Crippen molar-refractivity contribution in [3.63, 3.8) is 0 Å². The fourth-order valence-corrected chi connectivity index (χ4v) is 4.85. The van der Waals surface area contributed by atoms with Crippen LogP contribution in [0.3, 0.4) is 0 Å². The van der Waals surface area contributed by atoms with E-state index in [1.165, 1.54) is 31.4 Å². The quantitative estimate of drug-likeness (QED) is 0.639. The Balaban J connectivity index is 1.30. The number of phenolic OH excluding ortho intramolecular Hbond substituents is 1. The van der Waals surface area contributed by atoms with E-state index in [-0.39, 0.29) is 0 Å². The number of hydrogen-bond donors (Lipinski definition) is 3. The van der Waals surface area contributed by atoms with Gasteiger partial charge in [0.05, 0.1) is 0 Å². The molecule has 3 fully saturated rings. The summed E-state index contributed by atoms with van der Waals surface area (Å²) < 4.78 is 0. The maximum absolute atomic E-state index is 9.30. The number of aromatic hydroxyl groups is 1. The first kappa shape index (κ1) is 17.8. The van der Waals surface area contributed by atoms with E-state index in [2.05, 4.69) is 31.4 Å². The van der Waals surface area contributed by atoms with Crippen LogP contribution in [0.25, 0.3) is 0 Å². The van der Waals surface area contributed by atoms with Crippen LogP contribution in [0, 0.1) is 23.2 Å². The van der Waals surface area contributed by atoms with Gasteiger partial charge in [0.15, 0.2) is 0 Å². The molecule has 2 bridgehead atoms. The highest BCUT2D eigenvalue weighted by atomic mass is 16.3. The molecule has 0 spiro atoms. The monoisotopic (exact) mass is 330 g/mol. The Labute approximate surface area is 147 Å². The lowest BCUT2D eigenvalue weighted by Crippen LogP contribution is -2.55. The summed E-state index contributed by atoms with van der Waals surface area (Å²) >= 11 is 0. The minimum Gasteiger partial charge on any atom is -0.508 e. The van der Waals surface area contributed by atoms with Gasteiger partial charge >= 0.3 is 0 Å². The molecule has 3 heteroatoms. The molecular formula is C21H34N2O. The lowest BCUT2D eigenvalue weighted by atomic mass is 9.45. The van der Waals surface area contributed by atoms with E-state index in [0.717, 1.165) is 37.3 Å². The Hall–Kier alpha value is -1.06. The molecule has 0 radical (unpaired) electrons. The van der Waals surface area contributed by atoms with Crippen molar-refractivity contribution in [3.05, 3.63) is 29.8 Å². The SMILES string of the molecule is CC(CNCCc1ccc(O)cc1)NC[C@@H]1CC[C@H]2C[C@@H]1C2(C)C. The smallest absolute Gasteiger partial charge is 0.115 e. The van der Waals surface area contributed by atoms with Gasteiger partial charge in [0.2, 0.25) is 0 Å². The zero-order chi connectivity index (χ0) is 17.2. The highest BCUT2D eigenvalue weighted by Crippen LogP contribution is 2.61. The van der Waals surface area contributed by atoms with Crippen molar-refractivity contribution in [1.29, 1.82) is 0 Å². The fraction of sp³-hybridized carbons (Fsp3) is 0.714. The highest BCUT2D eigenvalue weighted by Gasteiger charge is 2.53. The Morgan fingerprint density at radius 2 is 1.96 bits per heavy atom. The van der Waals surface area contributed by atoms with Gasteiger partial charge in [-0.1, -0.05) is 26.0 Å². The van der Waals surface area contributed by atoms with E-state index >= 15 is 0 Å². The van der Waals surface area contributed by atoms with E-state index in [4.69, 9.17) is 0 Å². The zero-order valence-corrected chi connectivity index (χ0v) is 15.5. The number of hydrogen-bond acceptors (Lipinski definition) is 3. The van der Waals surface area contributed by atoms with E-state index in [0.29, 0.717) is 17.2 Å². The van der Waals surface area contributed by atoms with Crippen LogP contribution in [0.15, 0.2) is 24.3 Å². The van der Waals surface area contributed by atoms with Crippen LogP contribution in [0.4, 0.5) is 0 Å². The van der Waals surface area contributed by atoms with Gasteiger partial charge in [0.25, 0.3) is 0 Å². The summed E-state index contributed by atoms with van der Waals surface area (Å²) in [5.74, 6) is 3.16. The fourth-order valence-electron chi connectivity index (χ4n) is 4.85. The van der Waals surface area contributed by atoms with Gasteiger partial charge in [-0.05, 0) is 86.6 Å². The van der Waals surface area contributed by atoms with Crippen molar-refractivity contribution in [2.24, 2.45) is 23.2 Å². The van der Waals surface area contributed by atoms with Crippen molar-refractivity contribution in [1.82, 2.24) is 10.6 Å². The van der Waals surface area contributed by atoms with Crippen molar-refractivity contribution in [2.45, 2.75) is 52.5 Å². The second-order valence-corrected chi connectivity index (χ2v) is 8.63. The molecule has 0 heterocycles. The van der Waals surface area contributed by atoms with Gasteiger partial charge in [-0.3, -0.25) is 0 Å². The summed E-state index contributed by atoms with van der Waals surface area (Å²) in [6, 6.07) is 8.03. The standard InChI is InChI=1S/C21H34N2O/c1-15(13-22-11-10-16-4-8-19(24)9-5-16)23-14-17-6-7-18-12-20(17)21(18,2)3/h4-5,8-9,15,17-18,20,22-24H,6-7,10-14H2,1-3H3/t15?,17-,18-,20-/m0/s1. The van der Waals surface area contributed by atoms with Crippen LogP contribution in [0.2, 0.25) is 0 Å². The Kier molecular flexibility index (Phi) is 5.51. The van der Waals surface area contributed by atoms with Crippen LogP contribution < -0.4 is 10.6 Å². The first-order valence-corrected chi connectivity index (χ1v) is 9.69. The Morgan fingerprint density at radius 1 is 1.21 bits per heavy atom. The zero-order valence-electron chi connectivity index (χ0n) is 15.5. The molecule has 24 heavy (non-hydrogen) atoms. The van der Waals surface area contributed by atoms with Gasteiger partial charge in [0, 0.05) is 12.6 Å². The predicted molar refractivity (Wildman–Crippen MR) is 100 cm³/mol. The molecule has 1 unspecified atom stereocenters. The first-order chi connectivity index (χ1) is 11.5. The number of rotatable bonds is 8. The summed E-state index contributed by atoms with van der Waals surface area (Å²) in [4.78, 5) is 0. The van der Waals surface area contributed by atoms with Gasteiger partial charge in [-0.15, -0.1) is 0 Å². The molecule has 4 rings (SSSR count). The van der Waals surface area contributed by atoms with Crippen molar-refractivity contribution in [2.75, 3.05) is 19.6 Å². The molecule has 1 aromatic rings. The molecule has 3 aliphatic carbocycles. The second-order valence-electron chi connectivity index (χ2n) is 8.63. The molecule has 4 atom stereocenters. The largest absolute Gasteiger partial charge is 0.508 e. The maximum atomic E-state index is 9.30. The maximum Gasteiger partial charge on any atom is 0.115 e. The summed E-state index contributed by atoms with van der Waals surface area (Å²) in [7, 11) is 0. The lowest BCUT2D eigenvalue weighted by molar-refractivity contribution is -0.104. The Bertz CT molecular complexity index is 523. The molecular weight excluding hydrogens is 296 g/mol. The van der Waals surface area contributed by atoms with Gasteiger partial charge < -0.3 is 15.7 Å². The third-order valence-electron chi connectivity index (χ3n) is 6.71. The van der Waals surface area contributed by atoms with E-state index in [1.54, 1.807) is 12.1 Å². The molecule has 0 amide bonds. The van der Waals surface area contributed by atoms with Crippen LogP contribution in [0.1, 0.15) is 45.6 Å². The second kappa shape index (κ2) is 7.45. The topological polar surface area (TPSA) is 44.3 Å². The normalized spacial score (nSPS) is 29.0. The minimum absolute atomic E-state index is 0.341. The molecule has 3 nitrogen and oxygen atoms in total. The number of phenols is 1. The summed E-state index contributed by atoms with van der Waals surface area (Å²) in [5.41, 5.74) is 1.86. The summed E-state index contributed by atoms with van der Waals surface area (Å²) in [6.07, 6.45) is 5.34. The van der Waals surface area contributed by atoms with Crippen LogP contribution in [-0.4, -0.2) is 30.8 Å². The van der Waals surface area contributed by atoms with Crippen LogP contribution >= 0.6 is 0 Å². The summed E-state index contributed by atoms with van der Waals surface area (Å²) in [6.45, 7) is 10.4. The van der Waals surface area contributed by atoms with Crippen molar-refractivity contribution in [3.8, 4) is 5.75 Å². The molecule has 0 saturated heterocycles. The molecule has 134 valence electrons. The number of benzene rings is 1. The Morgan fingerprint density at radius 3 is 2.62 bits per heavy atom. The van der Waals surface area contributed by atoms with Gasteiger partial charge in [-0.2, -0.15) is 0 Å².